The fourth-order valence-electron chi connectivity index (χ4n) is 2.68. The van der Waals surface area contributed by atoms with E-state index in [2.05, 4.69) is 4.90 Å². The third-order valence-electron chi connectivity index (χ3n) is 3.78. The zero-order valence-corrected chi connectivity index (χ0v) is 11.2. The first-order chi connectivity index (χ1) is 9.18. The minimum absolute atomic E-state index is 0.280. The Bertz CT molecular complexity index is 401. The molecule has 106 valence electrons. The Kier molecular flexibility index (Phi) is 5.28. The molecule has 0 amide bonds. The monoisotopic (exact) mass is 268 g/mol. The van der Waals surface area contributed by atoms with Crippen LogP contribution in [0.2, 0.25) is 0 Å². The van der Waals surface area contributed by atoms with E-state index in [1.165, 1.54) is 38.2 Å². The molecule has 0 aromatic heterocycles. The van der Waals surface area contributed by atoms with E-state index in [0.717, 1.165) is 19.2 Å². The van der Waals surface area contributed by atoms with E-state index in [1.54, 1.807) is 6.07 Å². The predicted molar refractivity (Wildman–Crippen MR) is 72.8 cm³/mol. The summed E-state index contributed by atoms with van der Waals surface area (Å²) in [5, 5.41) is 0. The van der Waals surface area contributed by atoms with Gasteiger partial charge >= 0.3 is 0 Å². The van der Waals surface area contributed by atoms with E-state index in [0.29, 0.717) is 6.54 Å². The lowest BCUT2D eigenvalue weighted by atomic mass is 10.0. The molecule has 1 saturated heterocycles. The van der Waals surface area contributed by atoms with Crippen LogP contribution in [0.15, 0.2) is 18.2 Å². The van der Waals surface area contributed by atoms with Crippen LogP contribution in [0.25, 0.3) is 0 Å². The summed E-state index contributed by atoms with van der Waals surface area (Å²) in [5.74, 6) is -1.62. The van der Waals surface area contributed by atoms with Gasteiger partial charge in [0, 0.05) is 18.2 Å². The van der Waals surface area contributed by atoms with Gasteiger partial charge in [0.15, 0.2) is 11.6 Å². The molecule has 1 heterocycles. The highest BCUT2D eigenvalue weighted by atomic mass is 19.2. The summed E-state index contributed by atoms with van der Waals surface area (Å²) >= 11 is 0. The Hall–Kier alpha value is -1.00. The molecule has 0 saturated carbocycles. The molecule has 1 aliphatic rings. The highest BCUT2D eigenvalue weighted by molar-refractivity contribution is 5.22. The van der Waals surface area contributed by atoms with Crippen LogP contribution in [0.3, 0.4) is 0 Å². The number of nitrogens with two attached hydrogens (primary N) is 1. The third kappa shape index (κ3) is 3.98. The summed E-state index contributed by atoms with van der Waals surface area (Å²) in [6, 6.07) is 3.76. The van der Waals surface area contributed by atoms with Gasteiger partial charge in [0.25, 0.3) is 0 Å². The minimum atomic E-state index is -0.819. The fourth-order valence-corrected chi connectivity index (χ4v) is 2.68. The molecule has 2 rings (SSSR count). The zero-order chi connectivity index (χ0) is 13.7. The zero-order valence-electron chi connectivity index (χ0n) is 11.2. The van der Waals surface area contributed by atoms with E-state index >= 15 is 0 Å². The van der Waals surface area contributed by atoms with Gasteiger partial charge in [-0.3, -0.25) is 0 Å². The second-order valence-corrected chi connectivity index (χ2v) is 5.32. The summed E-state index contributed by atoms with van der Waals surface area (Å²) in [5.41, 5.74) is 6.32. The number of likely N-dealkylation sites (tertiary alicyclic amines) is 1. The van der Waals surface area contributed by atoms with Crippen LogP contribution in [0.4, 0.5) is 8.78 Å². The van der Waals surface area contributed by atoms with Crippen molar-refractivity contribution in [2.24, 2.45) is 5.73 Å². The number of rotatable bonds is 3. The van der Waals surface area contributed by atoms with Crippen molar-refractivity contribution in [2.75, 3.05) is 19.6 Å². The molecule has 19 heavy (non-hydrogen) atoms. The lowest BCUT2D eigenvalue weighted by Gasteiger charge is -2.27. The second kappa shape index (κ2) is 6.96. The third-order valence-corrected chi connectivity index (χ3v) is 3.78. The van der Waals surface area contributed by atoms with Crippen molar-refractivity contribution in [1.29, 1.82) is 0 Å². The standard InChI is InChI=1S/C15H22F2N2/c16-13-8-6-7-12(15(13)17)14(18)11-19-9-4-2-1-3-5-10-19/h6-8,14H,1-5,9-11,18H2. The van der Waals surface area contributed by atoms with Gasteiger partial charge in [0.1, 0.15) is 0 Å². The van der Waals surface area contributed by atoms with E-state index in [1.807, 2.05) is 0 Å². The minimum Gasteiger partial charge on any atom is -0.323 e. The quantitative estimate of drug-likeness (QED) is 0.912. The van der Waals surface area contributed by atoms with Crippen molar-refractivity contribution in [3.8, 4) is 0 Å². The van der Waals surface area contributed by atoms with E-state index in [-0.39, 0.29) is 5.56 Å². The van der Waals surface area contributed by atoms with Crippen LogP contribution in [0.1, 0.15) is 43.7 Å². The van der Waals surface area contributed by atoms with E-state index < -0.39 is 17.7 Å². The summed E-state index contributed by atoms with van der Waals surface area (Å²) in [6.45, 7) is 2.61. The molecule has 0 aliphatic carbocycles. The van der Waals surface area contributed by atoms with Gasteiger partial charge in [-0.15, -0.1) is 0 Å². The molecule has 1 unspecified atom stereocenters. The summed E-state index contributed by atoms with van der Waals surface area (Å²) in [4.78, 5) is 2.27. The average Bonchev–Trinajstić information content (AvgIpc) is 2.35. The van der Waals surface area contributed by atoms with Gasteiger partial charge in [-0.05, 0) is 32.0 Å². The van der Waals surface area contributed by atoms with Gasteiger partial charge in [-0.2, -0.15) is 0 Å². The molecular weight excluding hydrogens is 246 g/mol. The Morgan fingerprint density at radius 2 is 1.68 bits per heavy atom. The van der Waals surface area contributed by atoms with Crippen molar-refractivity contribution < 1.29 is 8.78 Å². The molecule has 1 aromatic rings. The highest BCUT2D eigenvalue weighted by Gasteiger charge is 2.18. The van der Waals surface area contributed by atoms with Crippen molar-refractivity contribution in [1.82, 2.24) is 4.90 Å². The Morgan fingerprint density at radius 1 is 1.05 bits per heavy atom. The fraction of sp³-hybridized carbons (Fsp3) is 0.600. The SMILES string of the molecule is NC(CN1CCCCCCC1)c1cccc(F)c1F. The van der Waals surface area contributed by atoms with Crippen LogP contribution in [0, 0.1) is 11.6 Å². The van der Waals surface area contributed by atoms with Crippen molar-refractivity contribution in [2.45, 2.75) is 38.1 Å². The summed E-state index contributed by atoms with van der Waals surface area (Å²) < 4.78 is 26.9. The first kappa shape index (κ1) is 14.4. The number of hydrogen-bond acceptors (Lipinski definition) is 2. The van der Waals surface area contributed by atoms with Gasteiger partial charge < -0.3 is 10.6 Å². The molecule has 1 aliphatic heterocycles. The summed E-state index contributed by atoms with van der Waals surface area (Å²) in [6.07, 6.45) is 6.13. The van der Waals surface area contributed by atoms with Crippen LogP contribution in [-0.2, 0) is 0 Å². The van der Waals surface area contributed by atoms with Crippen LogP contribution in [0.5, 0.6) is 0 Å². The average molecular weight is 268 g/mol. The van der Waals surface area contributed by atoms with Crippen molar-refractivity contribution in [3.05, 3.63) is 35.4 Å². The Morgan fingerprint density at radius 3 is 2.37 bits per heavy atom. The molecule has 1 fully saturated rings. The van der Waals surface area contributed by atoms with E-state index in [9.17, 15) is 8.78 Å². The maximum absolute atomic E-state index is 13.7. The van der Waals surface area contributed by atoms with Crippen molar-refractivity contribution in [3.63, 3.8) is 0 Å². The second-order valence-electron chi connectivity index (χ2n) is 5.32. The van der Waals surface area contributed by atoms with Gasteiger partial charge in [0.2, 0.25) is 0 Å². The molecule has 0 bridgehead atoms. The molecule has 2 N–H and O–H groups in total. The molecule has 1 atom stereocenters. The lowest BCUT2D eigenvalue weighted by Crippen LogP contribution is -2.35. The number of nitrogens with zero attached hydrogens (tertiary/aromatic N) is 1. The Labute approximate surface area is 113 Å². The molecule has 0 radical (unpaired) electrons. The smallest absolute Gasteiger partial charge is 0.163 e. The van der Waals surface area contributed by atoms with Crippen LogP contribution in [-0.4, -0.2) is 24.5 Å². The molecule has 2 nitrogen and oxygen atoms in total. The lowest BCUT2D eigenvalue weighted by molar-refractivity contribution is 0.232. The molecule has 0 spiro atoms. The maximum Gasteiger partial charge on any atom is 0.163 e. The van der Waals surface area contributed by atoms with Crippen LogP contribution >= 0.6 is 0 Å². The van der Waals surface area contributed by atoms with Gasteiger partial charge in [-0.25, -0.2) is 8.78 Å². The van der Waals surface area contributed by atoms with E-state index in [4.69, 9.17) is 5.73 Å². The molecule has 1 aromatic carbocycles. The normalized spacial score (nSPS) is 19.7. The first-order valence-electron chi connectivity index (χ1n) is 7.10. The molecule has 4 heteroatoms. The number of halogens is 2. The van der Waals surface area contributed by atoms with Crippen LogP contribution < -0.4 is 5.73 Å². The predicted octanol–water partition coefficient (Wildman–Crippen LogP) is 3.23. The number of hydrogen-bond donors (Lipinski definition) is 1. The van der Waals surface area contributed by atoms with Gasteiger partial charge in [-0.1, -0.05) is 31.4 Å². The topological polar surface area (TPSA) is 29.3 Å². The first-order valence-corrected chi connectivity index (χ1v) is 7.10. The Balaban J connectivity index is 1.98. The van der Waals surface area contributed by atoms with Crippen molar-refractivity contribution >= 4 is 0 Å². The maximum atomic E-state index is 13.7. The summed E-state index contributed by atoms with van der Waals surface area (Å²) in [7, 11) is 0. The highest BCUT2D eigenvalue weighted by Crippen LogP contribution is 2.20. The number of benzene rings is 1. The largest absolute Gasteiger partial charge is 0.323 e. The molecular formula is C15H22F2N2. The van der Waals surface area contributed by atoms with Gasteiger partial charge in [0.05, 0.1) is 0 Å².